The van der Waals surface area contributed by atoms with Gasteiger partial charge in [0, 0.05) is 13.1 Å². The van der Waals surface area contributed by atoms with Crippen molar-refractivity contribution in [2.75, 3.05) is 13.1 Å². The van der Waals surface area contributed by atoms with Gasteiger partial charge < -0.3 is 9.64 Å². The van der Waals surface area contributed by atoms with Crippen LogP contribution in [0, 0.1) is 0 Å². The van der Waals surface area contributed by atoms with Gasteiger partial charge >= 0.3 is 12.3 Å². The number of amides is 1. The summed E-state index contributed by atoms with van der Waals surface area (Å²) in [6, 6.07) is 0. The standard InChI is InChI=1S/C10H15F4NO2/c1-6-4-15(5-9(2,3)17-6)8(16)10(13,14)7(11)12/h6-7H,4-5H2,1-3H3. The summed E-state index contributed by atoms with van der Waals surface area (Å²) in [5, 5.41) is 0. The first-order chi connectivity index (χ1) is 7.56. The lowest BCUT2D eigenvalue weighted by atomic mass is 10.0. The highest BCUT2D eigenvalue weighted by Crippen LogP contribution is 2.29. The summed E-state index contributed by atoms with van der Waals surface area (Å²) >= 11 is 0. The summed E-state index contributed by atoms with van der Waals surface area (Å²) in [4.78, 5) is 12.1. The Morgan fingerprint density at radius 2 is 2.00 bits per heavy atom. The van der Waals surface area contributed by atoms with Crippen LogP contribution < -0.4 is 0 Å². The smallest absolute Gasteiger partial charge is 0.369 e. The fourth-order valence-corrected chi connectivity index (χ4v) is 1.91. The summed E-state index contributed by atoms with van der Waals surface area (Å²) in [6.45, 7) is 4.59. The Balaban J connectivity index is 2.83. The molecule has 0 aromatic carbocycles. The van der Waals surface area contributed by atoms with Crippen LogP contribution in [0.4, 0.5) is 17.6 Å². The molecule has 1 unspecified atom stereocenters. The first-order valence-corrected chi connectivity index (χ1v) is 5.19. The molecule has 7 heteroatoms. The predicted molar refractivity (Wildman–Crippen MR) is 52.2 cm³/mol. The number of ether oxygens (including phenoxy) is 1. The topological polar surface area (TPSA) is 29.5 Å². The molecule has 0 saturated carbocycles. The molecule has 0 N–H and O–H groups in total. The number of carbonyl (C=O) groups excluding carboxylic acids is 1. The van der Waals surface area contributed by atoms with Gasteiger partial charge in [0.2, 0.25) is 0 Å². The Morgan fingerprint density at radius 1 is 1.47 bits per heavy atom. The van der Waals surface area contributed by atoms with Crippen LogP contribution in [-0.4, -0.2) is 47.9 Å². The van der Waals surface area contributed by atoms with Crippen LogP contribution in [0.25, 0.3) is 0 Å². The van der Waals surface area contributed by atoms with E-state index in [0.29, 0.717) is 0 Å². The Bertz CT molecular complexity index is 307. The number of alkyl halides is 4. The third-order valence-electron chi connectivity index (χ3n) is 2.42. The fraction of sp³-hybridized carbons (Fsp3) is 0.900. The largest absolute Gasteiger partial charge is 0.383 e. The van der Waals surface area contributed by atoms with Crippen LogP contribution in [0.1, 0.15) is 20.8 Å². The Hall–Kier alpha value is -0.850. The van der Waals surface area contributed by atoms with E-state index in [-0.39, 0.29) is 13.1 Å². The molecule has 3 nitrogen and oxygen atoms in total. The van der Waals surface area contributed by atoms with Crippen LogP contribution in [0.15, 0.2) is 0 Å². The number of nitrogens with zero attached hydrogens (tertiary/aromatic N) is 1. The quantitative estimate of drug-likeness (QED) is 0.707. The molecule has 0 aromatic heterocycles. The fourth-order valence-electron chi connectivity index (χ4n) is 1.91. The van der Waals surface area contributed by atoms with Crippen molar-refractivity contribution in [2.24, 2.45) is 0 Å². The van der Waals surface area contributed by atoms with Crippen molar-refractivity contribution in [1.29, 1.82) is 0 Å². The second-order valence-electron chi connectivity index (χ2n) is 4.80. The molecular formula is C10H15F4NO2. The monoisotopic (exact) mass is 257 g/mol. The van der Waals surface area contributed by atoms with Crippen LogP contribution in [0.3, 0.4) is 0 Å². The van der Waals surface area contributed by atoms with Crippen molar-refractivity contribution < 1.29 is 27.1 Å². The van der Waals surface area contributed by atoms with Gasteiger partial charge in [0.25, 0.3) is 5.91 Å². The van der Waals surface area contributed by atoms with Crippen LogP contribution in [0.5, 0.6) is 0 Å². The molecule has 0 spiro atoms. The average Bonchev–Trinajstić information content (AvgIpc) is 2.12. The van der Waals surface area contributed by atoms with Crippen LogP contribution >= 0.6 is 0 Å². The molecule has 0 radical (unpaired) electrons. The molecular weight excluding hydrogens is 242 g/mol. The zero-order valence-corrected chi connectivity index (χ0v) is 9.84. The summed E-state index contributed by atoms with van der Waals surface area (Å²) in [7, 11) is 0. The average molecular weight is 257 g/mol. The van der Waals surface area contributed by atoms with E-state index in [2.05, 4.69) is 0 Å². The highest BCUT2D eigenvalue weighted by molar-refractivity contribution is 5.84. The minimum atomic E-state index is -4.63. The molecule has 0 aromatic rings. The lowest BCUT2D eigenvalue weighted by Gasteiger charge is -2.42. The lowest BCUT2D eigenvalue weighted by molar-refractivity contribution is -0.196. The minimum Gasteiger partial charge on any atom is -0.369 e. The molecule has 1 aliphatic heterocycles. The van der Waals surface area contributed by atoms with E-state index in [0.717, 1.165) is 4.90 Å². The number of morpholine rings is 1. The lowest BCUT2D eigenvalue weighted by Crippen LogP contribution is -2.58. The van der Waals surface area contributed by atoms with Gasteiger partial charge in [-0.2, -0.15) is 8.78 Å². The van der Waals surface area contributed by atoms with Crippen molar-refractivity contribution in [3.8, 4) is 0 Å². The maximum absolute atomic E-state index is 12.9. The molecule has 100 valence electrons. The molecule has 1 amide bonds. The Morgan fingerprint density at radius 3 is 2.41 bits per heavy atom. The van der Waals surface area contributed by atoms with Gasteiger partial charge in [-0.25, -0.2) is 8.78 Å². The molecule has 17 heavy (non-hydrogen) atoms. The molecule has 1 fully saturated rings. The van der Waals surface area contributed by atoms with E-state index >= 15 is 0 Å². The molecule has 1 heterocycles. The van der Waals surface area contributed by atoms with Gasteiger partial charge in [-0.05, 0) is 20.8 Å². The molecule has 0 aliphatic carbocycles. The van der Waals surface area contributed by atoms with Crippen molar-refractivity contribution in [1.82, 2.24) is 4.90 Å². The van der Waals surface area contributed by atoms with Crippen LogP contribution in [-0.2, 0) is 9.53 Å². The maximum atomic E-state index is 12.9. The van der Waals surface area contributed by atoms with Crippen molar-refractivity contribution in [3.63, 3.8) is 0 Å². The Labute approximate surface area is 96.7 Å². The minimum absolute atomic E-state index is 0.107. The second kappa shape index (κ2) is 4.44. The molecule has 1 rings (SSSR count). The summed E-state index contributed by atoms with van der Waals surface area (Å²) in [5.74, 6) is -6.47. The third kappa shape index (κ3) is 3.08. The number of hydrogen-bond donors (Lipinski definition) is 0. The molecule has 1 saturated heterocycles. The number of rotatable bonds is 2. The number of halogens is 4. The van der Waals surface area contributed by atoms with E-state index in [1.54, 1.807) is 20.8 Å². The van der Waals surface area contributed by atoms with Crippen molar-refractivity contribution in [2.45, 2.75) is 44.8 Å². The van der Waals surface area contributed by atoms with Gasteiger partial charge in [0.15, 0.2) is 0 Å². The molecule has 0 bridgehead atoms. The first kappa shape index (κ1) is 14.2. The maximum Gasteiger partial charge on any atom is 0.383 e. The first-order valence-electron chi connectivity index (χ1n) is 5.19. The van der Waals surface area contributed by atoms with E-state index in [9.17, 15) is 22.4 Å². The van der Waals surface area contributed by atoms with E-state index in [1.807, 2.05) is 0 Å². The highest BCUT2D eigenvalue weighted by Gasteiger charge is 2.52. The van der Waals surface area contributed by atoms with Gasteiger partial charge in [-0.15, -0.1) is 0 Å². The molecule has 1 aliphatic rings. The number of carbonyl (C=O) groups is 1. The van der Waals surface area contributed by atoms with E-state index in [4.69, 9.17) is 4.74 Å². The Kier molecular flexibility index (Phi) is 3.71. The van der Waals surface area contributed by atoms with Gasteiger partial charge in [-0.1, -0.05) is 0 Å². The van der Waals surface area contributed by atoms with Crippen LogP contribution in [0.2, 0.25) is 0 Å². The number of hydrogen-bond acceptors (Lipinski definition) is 2. The SMILES string of the molecule is CC1CN(C(=O)C(F)(F)C(F)F)CC(C)(C)O1. The van der Waals surface area contributed by atoms with Gasteiger partial charge in [-0.3, -0.25) is 4.79 Å². The second-order valence-corrected chi connectivity index (χ2v) is 4.80. The summed E-state index contributed by atoms with van der Waals surface area (Å²) in [6.07, 6.45) is -4.45. The van der Waals surface area contributed by atoms with Gasteiger partial charge in [0.1, 0.15) is 0 Å². The third-order valence-corrected chi connectivity index (χ3v) is 2.42. The normalized spacial score (nSPS) is 25.2. The zero-order valence-electron chi connectivity index (χ0n) is 9.84. The van der Waals surface area contributed by atoms with Gasteiger partial charge in [0.05, 0.1) is 11.7 Å². The summed E-state index contributed by atoms with van der Waals surface area (Å²) < 4.78 is 55.4. The summed E-state index contributed by atoms with van der Waals surface area (Å²) in [5.41, 5.74) is -0.814. The predicted octanol–water partition coefficient (Wildman–Crippen LogP) is 1.91. The zero-order chi connectivity index (χ0) is 13.4. The van der Waals surface area contributed by atoms with E-state index in [1.165, 1.54) is 0 Å². The van der Waals surface area contributed by atoms with Crippen molar-refractivity contribution >= 4 is 5.91 Å². The van der Waals surface area contributed by atoms with Crippen molar-refractivity contribution in [3.05, 3.63) is 0 Å². The van der Waals surface area contributed by atoms with E-state index < -0.39 is 30.0 Å². The highest BCUT2D eigenvalue weighted by atomic mass is 19.3. The molecule has 1 atom stereocenters.